The number of amides is 1. The zero-order chi connectivity index (χ0) is 10.8. The van der Waals surface area contributed by atoms with Crippen molar-refractivity contribution in [3.05, 3.63) is 0 Å². The highest BCUT2D eigenvalue weighted by atomic mass is 19.4. The lowest BCUT2D eigenvalue weighted by atomic mass is 10.1. The number of nitrogens with two attached hydrogens (primary N) is 1. The van der Waals surface area contributed by atoms with Gasteiger partial charge in [0.1, 0.15) is 0 Å². The fourth-order valence-electron chi connectivity index (χ4n) is 1.64. The molecule has 3 nitrogen and oxygen atoms in total. The molecule has 1 aliphatic carbocycles. The summed E-state index contributed by atoms with van der Waals surface area (Å²) < 4.78 is 35.3. The number of hydrogen-bond acceptors (Lipinski definition) is 2. The topological polar surface area (TPSA) is 55.1 Å². The van der Waals surface area contributed by atoms with Crippen LogP contribution in [0.15, 0.2) is 0 Å². The van der Waals surface area contributed by atoms with E-state index in [0.29, 0.717) is 6.42 Å². The number of hydrogen-bond donors (Lipinski definition) is 2. The molecule has 0 aromatic heterocycles. The van der Waals surface area contributed by atoms with E-state index in [1.165, 1.54) is 0 Å². The minimum absolute atomic E-state index is 0.0720. The van der Waals surface area contributed by atoms with Gasteiger partial charge in [-0.3, -0.25) is 4.79 Å². The van der Waals surface area contributed by atoms with E-state index in [-0.39, 0.29) is 18.5 Å². The average molecular weight is 210 g/mol. The molecule has 0 saturated heterocycles. The molecular formula is C8H13F3N2O. The maximum absolute atomic E-state index is 11.8. The highest BCUT2D eigenvalue weighted by Crippen LogP contribution is 2.23. The van der Waals surface area contributed by atoms with Crippen LogP contribution in [0.4, 0.5) is 13.2 Å². The van der Waals surface area contributed by atoms with Gasteiger partial charge in [-0.05, 0) is 25.2 Å². The van der Waals surface area contributed by atoms with Gasteiger partial charge >= 0.3 is 12.1 Å². The van der Waals surface area contributed by atoms with E-state index < -0.39 is 12.1 Å². The van der Waals surface area contributed by atoms with Crippen molar-refractivity contribution in [1.29, 1.82) is 0 Å². The summed E-state index contributed by atoms with van der Waals surface area (Å²) in [5.74, 6) is -1.77. The summed E-state index contributed by atoms with van der Waals surface area (Å²) in [5.41, 5.74) is 5.58. The van der Waals surface area contributed by atoms with Crippen LogP contribution in [-0.4, -0.2) is 24.7 Å². The van der Waals surface area contributed by atoms with Crippen LogP contribution in [0.3, 0.4) is 0 Å². The molecule has 0 bridgehead atoms. The van der Waals surface area contributed by atoms with Gasteiger partial charge in [-0.25, -0.2) is 0 Å². The van der Waals surface area contributed by atoms with Crippen LogP contribution in [-0.2, 0) is 4.79 Å². The summed E-state index contributed by atoms with van der Waals surface area (Å²) in [6, 6.07) is 0.0720. The van der Waals surface area contributed by atoms with Gasteiger partial charge in [-0.1, -0.05) is 0 Å². The highest BCUT2D eigenvalue weighted by Gasteiger charge is 2.38. The van der Waals surface area contributed by atoms with Crippen LogP contribution < -0.4 is 11.1 Å². The molecule has 1 saturated carbocycles. The maximum Gasteiger partial charge on any atom is 0.471 e. The summed E-state index contributed by atoms with van der Waals surface area (Å²) in [5, 5.41) is 1.87. The lowest BCUT2D eigenvalue weighted by Crippen LogP contribution is -2.39. The first-order chi connectivity index (χ1) is 6.39. The predicted molar refractivity (Wildman–Crippen MR) is 44.4 cm³/mol. The first-order valence-electron chi connectivity index (χ1n) is 4.50. The van der Waals surface area contributed by atoms with Gasteiger partial charge in [0.2, 0.25) is 0 Å². The predicted octanol–water partition coefficient (Wildman–Crippen LogP) is 0.792. The van der Waals surface area contributed by atoms with Gasteiger partial charge in [-0.15, -0.1) is 0 Å². The molecule has 0 heterocycles. The highest BCUT2D eigenvalue weighted by molar-refractivity contribution is 5.81. The fourth-order valence-corrected chi connectivity index (χ4v) is 1.64. The quantitative estimate of drug-likeness (QED) is 0.708. The largest absolute Gasteiger partial charge is 0.471 e. The third-order valence-electron chi connectivity index (χ3n) is 2.39. The lowest BCUT2D eigenvalue weighted by Gasteiger charge is -2.12. The molecule has 82 valence electrons. The van der Waals surface area contributed by atoms with Gasteiger partial charge in [-0.2, -0.15) is 13.2 Å². The van der Waals surface area contributed by atoms with Crippen molar-refractivity contribution in [3.63, 3.8) is 0 Å². The minimum atomic E-state index is -4.78. The number of nitrogens with one attached hydrogen (secondary N) is 1. The van der Waals surface area contributed by atoms with Crippen LogP contribution in [0, 0.1) is 5.92 Å². The Morgan fingerprint density at radius 3 is 2.50 bits per heavy atom. The number of carbonyl (C=O) groups is 1. The van der Waals surface area contributed by atoms with Gasteiger partial charge in [0.05, 0.1) is 0 Å². The monoisotopic (exact) mass is 210 g/mol. The van der Waals surface area contributed by atoms with Crippen LogP contribution >= 0.6 is 0 Å². The minimum Gasteiger partial charge on any atom is -0.348 e. The Bertz CT molecular complexity index is 217. The Morgan fingerprint density at radius 2 is 2.07 bits per heavy atom. The Hall–Kier alpha value is -0.780. The van der Waals surface area contributed by atoms with Crippen LogP contribution in [0.25, 0.3) is 0 Å². The van der Waals surface area contributed by atoms with Crippen molar-refractivity contribution < 1.29 is 18.0 Å². The molecule has 1 fully saturated rings. The van der Waals surface area contributed by atoms with Crippen molar-refractivity contribution in [3.8, 4) is 0 Å². The summed E-state index contributed by atoms with van der Waals surface area (Å²) in [6.45, 7) is 0.0754. The summed E-state index contributed by atoms with van der Waals surface area (Å²) in [6.07, 6.45) is -2.47. The standard InChI is InChI=1S/C8H13F3N2O/c9-8(10,11)7(14)13-4-5-1-2-6(12)3-5/h5-6H,1-4,12H2,(H,13,14)/t5-,6+/m1/s1. The molecule has 0 spiro atoms. The summed E-state index contributed by atoms with van der Waals surface area (Å²) >= 11 is 0. The molecule has 0 aromatic rings. The van der Waals surface area contributed by atoms with Gasteiger partial charge in [0, 0.05) is 12.6 Å². The first kappa shape index (κ1) is 11.3. The SMILES string of the molecule is N[C@H]1CC[C@@H](CNC(=O)C(F)(F)F)C1. The molecule has 0 radical (unpaired) electrons. The molecule has 14 heavy (non-hydrogen) atoms. The molecule has 0 aliphatic heterocycles. The molecule has 1 amide bonds. The fraction of sp³-hybridized carbons (Fsp3) is 0.875. The number of alkyl halides is 3. The van der Waals surface area contributed by atoms with E-state index in [0.717, 1.165) is 12.8 Å². The molecule has 0 unspecified atom stereocenters. The van der Waals surface area contributed by atoms with Crippen LogP contribution in [0.5, 0.6) is 0 Å². The molecule has 3 N–H and O–H groups in total. The molecule has 2 atom stereocenters. The van der Waals surface area contributed by atoms with Crippen molar-refractivity contribution in [2.75, 3.05) is 6.54 Å². The van der Waals surface area contributed by atoms with Crippen molar-refractivity contribution in [2.24, 2.45) is 11.7 Å². The van der Waals surface area contributed by atoms with Crippen molar-refractivity contribution in [2.45, 2.75) is 31.5 Å². The Balaban J connectivity index is 2.24. The van der Waals surface area contributed by atoms with Crippen molar-refractivity contribution in [1.82, 2.24) is 5.32 Å². The van der Waals surface area contributed by atoms with Crippen molar-refractivity contribution >= 4 is 5.91 Å². The Labute approximate surface area is 79.8 Å². The van der Waals surface area contributed by atoms with E-state index >= 15 is 0 Å². The van der Waals surface area contributed by atoms with Crippen LogP contribution in [0.2, 0.25) is 0 Å². The van der Waals surface area contributed by atoms with E-state index in [1.807, 2.05) is 5.32 Å². The Morgan fingerprint density at radius 1 is 1.43 bits per heavy atom. The smallest absolute Gasteiger partial charge is 0.348 e. The summed E-state index contributed by atoms with van der Waals surface area (Å²) in [4.78, 5) is 10.4. The summed E-state index contributed by atoms with van der Waals surface area (Å²) in [7, 11) is 0. The third-order valence-corrected chi connectivity index (χ3v) is 2.39. The molecule has 1 rings (SSSR count). The lowest BCUT2D eigenvalue weighted by molar-refractivity contribution is -0.173. The third kappa shape index (κ3) is 3.17. The molecule has 0 aromatic carbocycles. The second-order valence-corrected chi connectivity index (χ2v) is 3.65. The number of halogens is 3. The van der Waals surface area contributed by atoms with Gasteiger partial charge in [0.15, 0.2) is 0 Å². The molecule has 1 aliphatic rings. The van der Waals surface area contributed by atoms with E-state index in [1.54, 1.807) is 0 Å². The second-order valence-electron chi connectivity index (χ2n) is 3.65. The molecule has 6 heteroatoms. The maximum atomic E-state index is 11.8. The zero-order valence-electron chi connectivity index (χ0n) is 7.60. The van der Waals surface area contributed by atoms with Crippen LogP contribution in [0.1, 0.15) is 19.3 Å². The second kappa shape index (κ2) is 4.16. The zero-order valence-corrected chi connectivity index (χ0v) is 7.60. The molecular weight excluding hydrogens is 197 g/mol. The van der Waals surface area contributed by atoms with E-state index in [4.69, 9.17) is 5.73 Å². The number of rotatable bonds is 2. The average Bonchev–Trinajstić information content (AvgIpc) is 2.45. The number of carbonyl (C=O) groups excluding carboxylic acids is 1. The van der Waals surface area contributed by atoms with Gasteiger partial charge in [0.25, 0.3) is 0 Å². The van der Waals surface area contributed by atoms with E-state index in [9.17, 15) is 18.0 Å². The van der Waals surface area contributed by atoms with E-state index in [2.05, 4.69) is 0 Å². The first-order valence-corrected chi connectivity index (χ1v) is 4.50. The normalized spacial score (nSPS) is 27.7. The Kier molecular flexibility index (Phi) is 3.36. The van der Waals surface area contributed by atoms with Gasteiger partial charge < -0.3 is 11.1 Å².